The van der Waals surface area contributed by atoms with E-state index in [-0.39, 0.29) is 0 Å². The van der Waals surface area contributed by atoms with Crippen LogP contribution in [0.3, 0.4) is 0 Å². The Labute approximate surface area is 197 Å². The summed E-state index contributed by atoms with van der Waals surface area (Å²) < 4.78 is 13.9. The number of benzene rings is 2. The van der Waals surface area contributed by atoms with Crippen LogP contribution in [0.15, 0.2) is 54.6 Å². The average molecular weight is 449 g/mol. The zero-order chi connectivity index (χ0) is 23.6. The number of primary amides is 1. The number of aromatic nitrogens is 1. The van der Waals surface area contributed by atoms with Crippen LogP contribution < -0.4 is 10.5 Å². The minimum absolute atomic E-state index is 0.391. The van der Waals surface area contributed by atoms with E-state index in [1.54, 1.807) is 0 Å². The lowest BCUT2D eigenvalue weighted by Gasteiger charge is -2.14. The van der Waals surface area contributed by atoms with Gasteiger partial charge in [-0.3, -0.25) is 4.79 Å². The average Bonchev–Trinajstić information content (AvgIpc) is 3.09. The molecule has 0 saturated heterocycles. The van der Waals surface area contributed by atoms with Gasteiger partial charge in [0.25, 0.3) is 5.91 Å². The fraction of sp³-hybridized carbons (Fsp3) is 0.393. The monoisotopic (exact) mass is 448 g/mol. The first-order chi connectivity index (χ1) is 16.1. The lowest BCUT2D eigenvalue weighted by atomic mass is 9.97. The van der Waals surface area contributed by atoms with Gasteiger partial charge in [-0.2, -0.15) is 0 Å². The van der Waals surface area contributed by atoms with Crippen LogP contribution in [0.25, 0.3) is 11.1 Å². The predicted molar refractivity (Wildman–Crippen MR) is 134 cm³/mol. The largest absolute Gasteiger partial charge is 0.457 e. The van der Waals surface area contributed by atoms with Crippen molar-refractivity contribution < 1.29 is 14.3 Å². The summed E-state index contributed by atoms with van der Waals surface area (Å²) in [6, 6.07) is 17.6. The molecule has 2 aromatic carbocycles. The van der Waals surface area contributed by atoms with Crippen LogP contribution in [0, 0.1) is 6.92 Å². The number of nitrogens with zero attached hydrogens (tertiary/aromatic N) is 1. The minimum Gasteiger partial charge on any atom is -0.457 e. The van der Waals surface area contributed by atoms with E-state index >= 15 is 0 Å². The molecule has 33 heavy (non-hydrogen) atoms. The second-order valence-electron chi connectivity index (χ2n) is 8.25. The molecule has 0 aliphatic carbocycles. The van der Waals surface area contributed by atoms with Crippen LogP contribution >= 0.6 is 0 Å². The highest BCUT2D eigenvalue weighted by Crippen LogP contribution is 2.36. The molecule has 0 fully saturated rings. The first kappa shape index (κ1) is 24.6. The van der Waals surface area contributed by atoms with Crippen LogP contribution in [-0.4, -0.2) is 23.7 Å². The Hall–Kier alpha value is -3.05. The maximum Gasteiger partial charge on any atom is 0.251 e. The number of hydrogen-bond donors (Lipinski definition) is 1. The molecule has 0 spiro atoms. The molecule has 3 aromatic rings. The van der Waals surface area contributed by atoms with E-state index in [0.29, 0.717) is 18.8 Å². The molecular formula is C28H36N2O3. The van der Waals surface area contributed by atoms with E-state index in [2.05, 4.69) is 11.5 Å². The lowest BCUT2D eigenvalue weighted by Crippen LogP contribution is -2.14. The number of amides is 1. The molecule has 1 amide bonds. The highest BCUT2D eigenvalue weighted by molar-refractivity contribution is 6.02. The maximum atomic E-state index is 12.6. The van der Waals surface area contributed by atoms with Crippen LogP contribution in [0.5, 0.6) is 11.5 Å². The Kier molecular flexibility index (Phi) is 9.14. The van der Waals surface area contributed by atoms with Gasteiger partial charge < -0.3 is 19.8 Å². The molecule has 0 aliphatic rings. The molecule has 0 radical (unpaired) electrons. The van der Waals surface area contributed by atoms with Crippen molar-refractivity contribution in [3.8, 4) is 22.6 Å². The summed E-state index contributed by atoms with van der Waals surface area (Å²) in [6.07, 6.45) is 5.14. The molecule has 5 heteroatoms. The zero-order valence-corrected chi connectivity index (χ0v) is 20.1. The smallest absolute Gasteiger partial charge is 0.251 e. The molecule has 0 aliphatic heterocycles. The molecule has 1 aromatic heterocycles. The summed E-state index contributed by atoms with van der Waals surface area (Å²) in [7, 11) is 0. The highest BCUT2D eigenvalue weighted by atomic mass is 16.5. The van der Waals surface area contributed by atoms with E-state index in [9.17, 15) is 4.79 Å². The van der Waals surface area contributed by atoms with Crippen LogP contribution in [-0.2, 0) is 17.7 Å². The first-order valence-corrected chi connectivity index (χ1v) is 12.0. The van der Waals surface area contributed by atoms with Gasteiger partial charge in [0.1, 0.15) is 11.5 Å². The molecular weight excluding hydrogens is 412 g/mol. The number of unbranched alkanes of at least 4 members (excludes halogenated alkanes) is 2. The van der Waals surface area contributed by atoms with Gasteiger partial charge in [-0.05, 0) is 62.9 Å². The molecule has 1 heterocycles. The van der Waals surface area contributed by atoms with Crippen LogP contribution in [0.4, 0.5) is 0 Å². The quantitative estimate of drug-likeness (QED) is 0.303. The van der Waals surface area contributed by atoms with E-state index in [4.69, 9.17) is 15.2 Å². The van der Waals surface area contributed by atoms with Crippen molar-refractivity contribution in [2.75, 3.05) is 13.2 Å². The van der Waals surface area contributed by atoms with Crippen molar-refractivity contribution in [3.63, 3.8) is 0 Å². The number of nitrogens with two attached hydrogens (primary N) is 1. The molecule has 3 rings (SSSR count). The van der Waals surface area contributed by atoms with Crippen LogP contribution in [0.1, 0.15) is 61.3 Å². The summed E-state index contributed by atoms with van der Waals surface area (Å²) >= 11 is 0. The number of hydrogen-bond acceptors (Lipinski definition) is 3. The summed E-state index contributed by atoms with van der Waals surface area (Å²) in [6.45, 7) is 8.41. The Morgan fingerprint density at radius 2 is 1.73 bits per heavy atom. The molecule has 2 N–H and O–H groups in total. The van der Waals surface area contributed by atoms with E-state index in [1.165, 1.54) is 5.69 Å². The standard InChI is InChI=1S/C28H36N2O3/c1-4-6-8-17-25-27(26(28(29)31)21(3)30(25)18-12-19-32-5-2)22-13-11-16-24(20-22)33-23-14-9-7-10-15-23/h7,9-11,13-16,20H,4-6,8,12,17-19H2,1-3H3,(H2,29,31). The van der Waals surface area contributed by atoms with E-state index in [1.807, 2.05) is 68.4 Å². The van der Waals surface area contributed by atoms with Gasteiger partial charge in [0.05, 0.1) is 5.56 Å². The van der Waals surface area contributed by atoms with Gasteiger partial charge in [-0.15, -0.1) is 0 Å². The Balaban J connectivity index is 2.04. The van der Waals surface area contributed by atoms with E-state index in [0.717, 1.165) is 67.0 Å². The van der Waals surface area contributed by atoms with Crippen molar-refractivity contribution >= 4 is 5.91 Å². The Morgan fingerprint density at radius 1 is 0.970 bits per heavy atom. The molecule has 176 valence electrons. The van der Waals surface area contributed by atoms with Crippen molar-refractivity contribution in [1.29, 1.82) is 0 Å². The third-order valence-corrected chi connectivity index (χ3v) is 5.87. The number of rotatable bonds is 13. The third kappa shape index (κ3) is 6.26. The van der Waals surface area contributed by atoms with Crippen LogP contribution in [0.2, 0.25) is 0 Å². The molecule has 0 unspecified atom stereocenters. The van der Waals surface area contributed by atoms with Gasteiger partial charge in [-0.25, -0.2) is 0 Å². The van der Waals surface area contributed by atoms with Gasteiger partial charge in [0.2, 0.25) is 0 Å². The second-order valence-corrected chi connectivity index (χ2v) is 8.25. The second kappa shape index (κ2) is 12.3. The minimum atomic E-state index is -0.391. The van der Waals surface area contributed by atoms with Gasteiger partial charge in [0, 0.05) is 36.7 Å². The maximum absolute atomic E-state index is 12.6. The third-order valence-electron chi connectivity index (χ3n) is 5.87. The number of para-hydroxylation sites is 1. The summed E-state index contributed by atoms with van der Waals surface area (Å²) in [5, 5.41) is 0. The molecule has 5 nitrogen and oxygen atoms in total. The van der Waals surface area contributed by atoms with Gasteiger partial charge in [0.15, 0.2) is 0 Å². The molecule has 0 bridgehead atoms. The number of carbonyl (C=O) groups excluding carboxylic acids is 1. The topological polar surface area (TPSA) is 66.5 Å². The summed E-state index contributed by atoms with van der Waals surface area (Å²) in [4.78, 5) is 12.6. The lowest BCUT2D eigenvalue weighted by molar-refractivity contribution is 0.1000. The zero-order valence-electron chi connectivity index (χ0n) is 20.1. The fourth-order valence-electron chi connectivity index (χ4n) is 4.32. The molecule has 0 atom stereocenters. The molecule has 0 saturated carbocycles. The highest BCUT2D eigenvalue weighted by Gasteiger charge is 2.24. The Bertz CT molecular complexity index is 1040. The normalized spacial score (nSPS) is 11.0. The predicted octanol–water partition coefficient (Wildman–Crippen LogP) is 6.51. The fourth-order valence-corrected chi connectivity index (χ4v) is 4.32. The number of ether oxygens (including phenoxy) is 2. The Morgan fingerprint density at radius 3 is 2.42 bits per heavy atom. The first-order valence-electron chi connectivity index (χ1n) is 12.0. The van der Waals surface area contributed by atoms with E-state index < -0.39 is 5.91 Å². The summed E-state index contributed by atoms with van der Waals surface area (Å²) in [5.41, 5.74) is 10.5. The van der Waals surface area contributed by atoms with Gasteiger partial charge in [-0.1, -0.05) is 50.1 Å². The summed E-state index contributed by atoms with van der Waals surface area (Å²) in [5.74, 6) is 1.12. The van der Waals surface area contributed by atoms with Crippen molar-refractivity contribution in [2.45, 2.75) is 59.4 Å². The van der Waals surface area contributed by atoms with Crippen molar-refractivity contribution in [1.82, 2.24) is 4.57 Å². The van der Waals surface area contributed by atoms with Crippen molar-refractivity contribution in [2.24, 2.45) is 5.73 Å². The number of carbonyl (C=O) groups is 1. The van der Waals surface area contributed by atoms with Gasteiger partial charge >= 0.3 is 0 Å². The van der Waals surface area contributed by atoms with Crippen molar-refractivity contribution in [3.05, 3.63) is 71.5 Å². The SMILES string of the molecule is CCCCCc1c(-c2cccc(Oc3ccccc3)c2)c(C(N)=O)c(C)n1CCCOCC.